The van der Waals surface area contributed by atoms with Gasteiger partial charge in [0.1, 0.15) is 90.6 Å². The van der Waals surface area contributed by atoms with E-state index in [4.69, 9.17) is 56.7 Å². The number of hydrogen-bond donors (Lipinski definition) is 33. The van der Waals surface area contributed by atoms with Crippen molar-refractivity contribution >= 4 is 135 Å². The summed E-state index contributed by atoms with van der Waals surface area (Å²) < 4.78 is 0. The Morgan fingerprint density at radius 1 is 0.407 bits per heavy atom. The largest absolute Gasteiger partial charge is 0.480 e. The molecule has 0 aliphatic carbocycles. The fourth-order valence-electron chi connectivity index (χ4n) is 14.3. The summed E-state index contributed by atoms with van der Waals surface area (Å²) in [7, 11) is 0. The maximum absolute atomic E-state index is 15.3. The highest BCUT2D eigenvalue weighted by atomic mass is 16.4. The first-order valence-corrected chi connectivity index (χ1v) is 46.4. The molecule has 0 bridgehead atoms. The number of aromatic amines is 2. The van der Waals surface area contributed by atoms with Crippen molar-refractivity contribution < 1.29 is 112 Å². The second-order valence-electron chi connectivity index (χ2n) is 35.0. The summed E-state index contributed by atoms with van der Waals surface area (Å²) in [6, 6.07) is -19.7. The number of aliphatic hydroxyl groups is 3. The van der Waals surface area contributed by atoms with Crippen LogP contribution < -0.4 is 136 Å². The average Bonchev–Trinajstić information content (AvgIpc) is 1.65. The van der Waals surface area contributed by atoms with E-state index in [0.717, 1.165) is 6.92 Å². The molecule has 19 atom stereocenters. The number of primary amides is 3. The number of guanidine groups is 2. The molecule has 0 unspecified atom stereocenters. The van der Waals surface area contributed by atoms with Crippen LogP contribution in [0.15, 0.2) is 43.0 Å². The molecule has 3 aromatic rings. The van der Waals surface area contributed by atoms with Crippen LogP contribution >= 0.6 is 0 Å². The number of fused-ring (bicyclic) bond motifs is 1. The molecule has 0 spiro atoms. The molecule has 3 rings (SSSR count). The van der Waals surface area contributed by atoms with Crippen molar-refractivity contribution in [1.82, 2.24) is 105 Å². The Labute approximate surface area is 809 Å². The number of carboxylic acid groups (broad SMARTS) is 1. The molecule has 0 aliphatic heterocycles. The van der Waals surface area contributed by atoms with Crippen LogP contribution in [0.1, 0.15) is 183 Å². The van der Waals surface area contributed by atoms with Gasteiger partial charge in [-0.2, -0.15) is 0 Å². The Balaban J connectivity index is 2.05. The second-order valence-corrected chi connectivity index (χ2v) is 35.0. The molecule has 2 heterocycles. The first kappa shape index (κ1) is 120. The van der Waals surface area contributed by atoms with Gasteiger partial charge in [0.25, 0.3) is 0 Å². The number of aliphatic hydroxyl groups excluding tert-OH is 3. The highest BCUT2D eigenvalue weighted by molar-refractivity contribution is 6.03. The zero-order valence-corrected chi connectivity index (χ0v) is 80.5. The molecule has 140 heavy (non-hydrogen) atoms. The van der Waals surface area contributed by atoms with Crippen LogP contribution in [0.4, 0.5) is 0 Å². The first-order chi connectivity index (χ1) is 66.0. The van der Waals surface area contributed by atoms with E-state index in [1.54, 1.807) is 72.0 Å². The van der Waals surface area contributed by atoms with Gasteiger partial charge in [-0.05, 0) is 126 Å². The number of nitrogens with one attached hydrogen (secondary N) is 21. The smallest absolute Gasteiger partial charge is 0.326 e. The van der Waals surface area contributed by atoms with Crippen LogP contribution in [0, 0.1) is 34.5 Å². The van der Waals surface area contributed by atoms with Crippen molar-refractivity contribution in [2.24, 2.45) is 69.5 Å². The topological polar surface area (TPSA) is 910 Å². The maximum Gasteiger partial charge on any atom is 0.326 e. The Kier molecular flexibility index (Phi) is 53.5. The molecule has 1 aromatic carbocycles. The summed E-state index contributed by atoms with van der Waals surface area (Å²) in [5.41, 5.74) is 46.0. The third-order valence-electron chi connectivity index (χ3n) is 22.7. The molecular formula is C87H146N30O23. The summed E-state index contributed by atoms with van der Waals surface area (Å²) in [5, 5.41) is 99.3. The van der Waals surface area contributed by atoms with Crippen LogP contribution in [0.5, 0.6) is 0 Å². The number of para-hydroxylation sites is 1. The number of unbranched alkanes of at least 4 members (excludes halogenated alkanes) is 2. The minimum Gasteiger partial charge on any atom is -0.480 e. The Morgan fingerprint density at radius 2 is 0.779 bits per heavy atom. The van der Waals surface area contributed by atoms with Crippen LogP contribution in [0.3, 0.4) is 0 Å². The quantitative estimate of drug-likeness (QED) is 0.0142. The van der Waals surface area contributed by atoms with Crippen molar-refractivity contribution in [1.29, 1.82) is 10.8 Å². The number of carbonyl (C=O) groups excluding carboxylic acids is 18. The number of H-pyrrole nitrogens is 2. The zero-order valence-electron chi connectivity index (χ0n) is 80.5. The molecule has 782 valence electrons. The molecule has 0 saturated heterocycles. The van der Waals surface area contributed by atoms with Crippen molar-refractivity contribution in [3.8, 4) is 0 Å². The van der Waals surface area contributed by atoms with E-state index in [0.29, 0.717) is 48.7 Å². The fourth-order valence-corrected chi connectivity index (χ4v) is 14.3. The Bertz CT molecular complexity index is 4650. The van der Waals surface area contributed by atoms with E-state index in [1.165, 1.54) is 26.4 Å². The number of carboxylic acids is 1. The van der Waals surface area contributed by atoms with E-state index in [2.05, 4.69) is 105 Å². The minimum absolute atomic E-state index is 0.0133. The van der Waals surface area contributed by atoms with Gasteiger partial charge in [0.15, 0.2) is 11.9 Å². The highest BCUT2D eigenvalue weighted by Gasteiger charge is 2.42. The summed E-state index contributed by atoms with van der Waals surface area (Å²) in [6.45, 7) is 12.3. The lowest BCUT2D eigenvalue weighted by Gasteiger charge is -2.31. The van der Waals surface area contributed by atoms with Gasteiger partial charge in [-0.3, -0.25) is 97.1 Å². The normalized spacial score (nSPS) is 15.3. The summed E-state index contributed by atoms with van der Waals surface area (Å²) in [4.78, 5) is 276. The number of benzene rings is 1. The molecule has 41 N–H and O–H groups in total. The number of nitrogens with two attached hydrogens (primary N) is 8. The lowest BCUT2D eigenvalue weighted by molar-refractivity contribution is -0.143. The summed E-state index contributed by atoms with van der Waals surface area (Å²) >= 11 is 0. The van der Waals surface area contributed by atoms with Gasteiger partial charge in [0, 0.05) is 61.3 Å². The van der Waals surface area contributed by atoms with Crippen molar-refractivity contribution in [2.75, 3.05) is 39.4 Å². The molecule has 53 heteroatoms. The molecule has 53 nitrogen and oxygen atoms in total. The van der Waals surface area contributed by atoms with Crippen LogP contribution in [-0.4, -0.2) is 302 Å². The van der Waals surface area contributed by atoms with E-state index in [9.17, 15) is 102 Å². The van der Waals surface area contributed by atoms with Crippen molar-refractivity contribution in [3.63, 3.8) is 0 Å². The van der Waals surface area contributed by atoms with Gasteiger partial charge in [-0.15, -0.1) is 0 Å². The standard InChI is InChI=1S/C87H146N30O23/c1-10-44(7)67(82(136)109-56(32-42(3)4)74(128)113-62(40-119)79(133)104-53(25-19-31-100-87(96)97)73(127)117-69(46(9)120)84(138)106-55(85(139)140)23-15-17-29-89)115-77(131)57(33-47-37-101-51-22-13-12-20-49(47)51)110-83(137)68(45(8)11-2)116-78(132)60(36-65(93)123)111-81(135)66(43(5)6)114-72(126)52(24-18-30-99-86(94)95)103-75(129)58(34-48-38-98-41-102-48)107-71(125)54(26-27-63(91)121)105-76(130)59(35-64(92)122)108-80(134)61(39-118)112-70(124)50(90)21-14-16-28-88/h12-13,20,22,37-38,41-46,50,52-62,66-69,101,118-120H,10-11,14-19,21,23-36,39-40,88-90H2,1-9H3,(H2,91,121)(H2,92,122)(H2,93,123)(H,98,102)(H,103,129)(H,104,133)(H,105,130)(H,106,138)(H,107,125)(H,108,134)(H,109,136)(H,110,137)(H,111,135)(H,112,124)(H,113,128)(H,114,126)(H,115,131)(H,116,132)(H,117,127)(H,139,140)(H4,94,95,99)(H4,96,97,100)/t44-,45-,46+,50-,52-,53-,54-,55-,56-,57-,58-,59-,60-,61-,62-,66-,67-,68-,69-/m0/s1. The van der Waals surface area contributed by atoms with E-state index in [-0.39, 0.29) is 95.5 Å². The number of amides is 18. The number of rotatable bonds is 68. The van der Waals surface area contributed by atoms with E-state index < -0.39 is 290 Å². The molecule has 2 aromatic heterocycles. The Morgan fingerprint density at radius 3 is 1.24 bits per heavy atom. The molecule has 0 fully saturated rings. The van der Waals surface area contributed by atoms with Crippen LogP contribution in [0.2, 0.25) is 0 Å². The Hall–Kier alpha value is -13.8. The number of hydrogen-bond acceptors (Lipinski definition) is 28. The third kappa shape index (κ3) is 42.7. The van der Waals surface area contributed by atoms with E-state index >= 15 is 9.59 Å². The average molecular weight is 1980 g/mol. The number of imidazole rings is 1. The zero-order chi connectivity index (χ0) is 105. The lowest BCUT2D eigenvalue weighted by atomic mass is 9.95. The van der Waals surface area contributed by atoms with Crippen LogP contribution in [0.25, 0.3) is 10.9 Å². The first-order valence-electron chi connectivity index (χ1n) is 46.4. The minimum atomic E-state index is -1.93. The fraction of sp³-hybridized carbons (Fsp3) is 0.632. The molecule has 0 saturated carbocycles. The summed E-state index contributed by atoms with van der Waals surface area (Å²) in [6.07, 6.45) is 0.00590. The number of carbonyl (C=O) groups is 19. The lowest BCUT2D eigenvalue weighted by Crippen LogP contribution is -2.63. The van der Waals surface area contributed by atoms with Gasteiger partial charge in [-0.25, -0.2) is 9.78 Å². The predicted molar refractivity (Wildman–Crippen MR) is 508 cm³/mol. The van der Waals surface area contributed by atoms with E-state index in [1.807, 2.05) is 0 Å². The number of aromatic nitrogens is 3. The van der Waals surface area contributed by atoms with Gasteiger partial charge in [0.2, 0.25) is 106 Å². The third-order valence-corrected chi connectivity index (χ3v) is 22.7. The van der Waals surface area contributed by atoms with Crippen molar-refractivity contribution in [2.45, 2.75) is 287 Å². The number of aliphatic carboxylic acids is 1. The van der Waals surface area contributed by atoms with Crippen molar-refractivity contribution in [3.05, 3.63) is 54.2 Å². The van der Waals surface area contributed by atoms with Gasteiger partial charge in [-0.1, -0.05) is 92.9 Å². The molecule has 0 aliphatic rings. The van der Waals surface area contributed by atoms with Gasteiger partial charge < -0.3 is 167 Å². The highest BCUT2D eigenvalue weighted by Crippen LogP contribution is 2.22. The van der Waals surface area contributed by atoms with Gasteiger partial charge >= 0.3 is 5.97 Å². The molecular weight excluding hydrogens is 1830 g/mol. The van der Waals surface area contributed by atoms with Crippen LogP contribution in [-0.2, 0) is 104 Å². The SMILES string of the molecule is CC[C@H](C)[C@H](NC(=O)[C@H](Cc1c[nH]c2ccccc12)NC(=O)[C@@H](NC(=O)[C@H](CC(N)=O)NC(=O)[C@@H](NC(=O)[C@H](CCCNC(=N)N)NC(=O)[C@H](Cc1cnc[nH]1)NC(=O)[C@H](CCC(N)=O)NC(=O)[C@H](CC(N)=O)NC(=O)[C@H](CO)NC(=O)[C@@H](N)CCCCN)C(C)C)[C@@H](C)CC)C(=O)N[C@@H](CC(C)C)C(=O)N[C@@H](CO)C(=O)N[C@@H](CCCNC(=N)N)C(=O)N[C@H](C(=O)N[C@@H](CCCCN)C(=O)O)[C@@H](C)O. The number of nitrogens with zero attached hydrogens (tertiary/aromatic N) is 1. The maximum atomic E-state index is 15.3. The monoisotopic (exact) mass is 1980 g/mol. The predicted octanol–water partition coefficient (Wildman–Crippen LogP) is -9.68. The summed E-state index contributed by atoms with van der Waals surface area (Å²) in [5.74, 6) is -24.9. The molecule has 18 amide bonds. The van der Waals surface area contributed by atoms with Gasteiger partial charge in [0.05, 0.1) is 44.5 Å². The second kappa shape index (κ2) is 62.2. The molecule has 0 radical (unpaired) electrons.